The van der Waals surface area contributed by atoms with Gasteiger partial charge < -0.3 is 9.47 Å². The molecule has 1 rings (SSSR count). The highest BCUT2D eigenvalue weighted by atomic mass is 16.5. The SMILES string of the molecule is CC(C)COCCOc1ccccc1C(=O)NN. The lowest BCUT2D eigenvalue weighted by atomic mass is 10.2. The Morgan fingerprint density at radius 3 is 2.72 bits per heavy atom. The number of nitrogens with one attached hydrogen (secondary N) is 1. The van der Waals surface area contributed by atoms with Gasteiger partial charge in [0.2, 0.25) is 0 Å². The van der Waals surface area contributed by atoms with Crippen LogP contribution in [0.25, 0.3) is 0 Å². The summed E-state index contributed by atoms with van der Waals surface area (Å²) in [4.78, 5) is 11.5. The van der Waals surface area contributed by atoms with Gasteiger partial charge in [-0.25, -0.2) is 5.84 Å². The Hall–Kier alpha value is -1.59. The summed E-state index contributed by atoms with van der Waals surface area (Å²) in [6, 6.07) is 6.95. The van der Waals surface area contributed by atoms with Gasteiger partial charge in [0.1, 0.15) is 12.4 Å². The quantitative estimate of drug-likeness (QED) is 0.332. The second-order valence-corrected chi connectivity index (χ2v) is 4.29. The van der Waals surface area contributed by atoms with Crippen molar-refractivity contribution in [3.63, 3.8) is 0 Å². The van der Waals surface area contributed by atoms with Crippen LogP contribution in [0.3, 0.4) is 0 Å². The van der Waals surface area contributed by atoms with Crippen LogP contribution in [0.15, 0.2) is 24.3 Å². The van der Waals surface area contributed by atoms with E-state index in [1.807, 2.05) is 0 Å². The van der Waals surface area contributed by atoms with E-state index in [2.05, 4.69) is 19.3 Å². The van der Waals surface area contributed by atoms with Crippen LogP contribution in [-0.4, -0.2) is 25.7 Å². The molecule has 0 unspecified atom stereocenters. The van der Waals surface area contributed by atoms with Crippen LogP contribution in [0.4, 0.5) is 0 Å². The average molecular weight is 252 g/mol. The number of amides is 1. The van der Waals surface area contributed by atoms with Gasteiger partial charge in [-0.05, 0) is 18.1 Å². The van der Waals surface area contributed by atoms with Gasteiger partial charge in [0.05, 0.1) is 12.2 Å². The zero-order chi connectivity index (χ0) is 13.4. The van der Waals surface area contributed by atoms with Crippen LogP contribution in [0, 0.1) is 5.92 Å². The second kappa shape index (κ2) is 7.68. The molecule has 0 saturated carbocycles. The molecule has 18 heavy (non-hydrogen) atoms. The van der Waals surface area contributed by atoms with E-state index in [0.717, 1.165) is 0 Å². The van der Waals surface area contributed by atoms with Gasteiger partial charge in [0.15, 0.2) is 0 Å². The monoisotopic (exact) mass is 252 g/mol. The minimum Gasteiger partial charge on any atom is -0.490 e. The minimum absolute atomic E-state index is 0.367. The van der Waals surface area contributed by atoms with Gasteiger partial charge in [-0.3, -0.25) is 10.2 Å². The summed E-state index contributed by atoms with van der Waals surface area (Å²) in [5.41, 5.74) is 2.51. The molecule has 0 heterocycles. The Kier molecular flexibility index (Phi) is 6.18. The molecular formula is C13H20N2O3. The first-order chi connectivity index (χ1) is 8.65. The Balaban J connectivity index is 2.44. The molecule has 0 aliphatic carbocycles. The number of nitrogen functional groups attached to an aromatic ring is 1. The topological polar surface area (TPSA) is 73.6 Å². The second-order valence-electron chi connectivity index (χ2n) is 4.29. The first kappa shape index (κ1) is 14.5. The molecule has 1 aromatic carbocycles. The molecule has 0 aliphatic rings. The molecule has 3 N–H and O–H groups in total. The number of hydrazine groups is 1. The molecule has 0 fully saturated rings. The third-order valence-electron chi connectivity index (χ3n) is 2.20. The van der Waals surface area contributed by atoms with Crippen molar-refractivity contribution in [3.05, 3.63) is 29.8 Å². The lowest BCUT2D eigenvalue weighted by molar-refractivity contribution is 0.0806. The van der Waals surface area contributed by atoms with Gasteiger partial charge in [-0.2, -0.15) is 0 Å². The van der Waals surface area contributed by atoms with E-state index in [1.165, 1.54) is 0 Å². The maximum Gasteiger partial charge on any atom is 0.268 e. The highest BCUT2D eigenvalue weighted by Crippen LogP contribution is 2.17. The van der Waals surface area contributed by atoms with Crippen LogP contribution in [-0.2, 0) is 4.74 Å². The molecule has 0 radical (unpaired) electrons. The van der Waals surface area contributed by atoms with E-state index < -0.39 is 0 Å². The molecular weight excluding hydrogens is 232 g/mol. The summed E-state index contributed by atoms with van der Waals surface area (Å²) < 4.78 is 10.9. The highest BCUT2D eigenvalue weighted by molar-refractivity contribution is 5.96. The molecule has 0 saturated heterocycles. The summed E-state index contributed by atoms with van der Waals surface area (Å²) >= 11 is 0. The number of para-hydroxylation sites is 1. The zero-order valence-corrected chi connectivity index (χ0v) is 10.8. The van der Waals surface area contributed by atoms with Crippen molar-refractivity contribution in [1.29, 1.82) is 0 Å². The molecule has 1 aromatic rings. The van der Waals surface area contributed by atoms with E-state index in [-0.39, 0.29) is 5.91 Å². The number of hydrogen-bond donors (Lipinski definition) is 2. The smallest absolute Gasteiger partial charge is 0.268 e. The van der Waals surface area contributed by atoms with Crippen LogP contribution >= 0.6 is 0 Å². The number of hydrogen-bond acceptors (Lipinski definition) is 4. The van der Waals surface area contributed by atoms with Crippen molar-refractivity contribution in [2.45, 2.75) is 13.8 Å². The molecule has 5 nitrogen and oxygen atoms in total. The predicted molar refractivity (Wildman–Crippen MR) is 69.2 cm³/mol. The fraction of sp³-hybridized carbons (Fsp3) is 0.462. The minimum atomic E-state index is -0.367. The number of benzene rings is 1. The number of carbonyl (C=O) groups excluding carboxylic acids is 1. The standard InChI is InChI=1S/C13H20N2O3/c1-10(2)9-17-7-8-18-12-6-4-3-5-11(12)13(16)15-14/h3-6,10H,7-9,14H2,1-2H3,(H,15,16). The van der Waals surface area contributed by atoms with Gasteiger partial charge >= 0.3 is 0 Å². The molecule has 1 amide bonds. The summed E-state index contributed by atoms with van der Waals surface area (Å²) in [5.74, 6) is 5.74. The van der Waals surface area contributed by atoms with Crippen LogP contribution in [0.5, 0.6) is 5.75 Å². The average Bonchev–Trinajstić information content (AvgIpc) is 2.37. The van der Waals surface area contributed by atoms with Crippen molar-refractivity contribution in [1.82, 2.24) is 5.43 Å². The summed E-state index contributed by atoms with van der Waals surface area (Å²) in [6.07, 6.45) is 0. The van der Waals surface area contributed by atoms with Crippen LogP contribution in [0.1, 0.15) is 24.2 Å². The molecule has 100 valence electrons. The number of ether oxygens (including phenoxy) is 2. The van der Waals surface area contributed by atoms with Crippen molar-refractivity contribution >= 4 is 5.91 Å². The molecule has 5 heteroatoms. The van der Waals surface area contributed by atoms with Gasteiger partial charge in [-0.1, -0.05) is 26.0 Å². The lowest BCUT2D eigenvalue weighted by Gasteiger charge is -2.11. The first-order valence-electron chi connectivity index (χ1n) is 5.95. The van der Waals surface area contributed by atoms with E-state index in [0.29, 0.717) is 37.1 Å². The molecule has 0 spiro atoms. The first-order valence-corrected chi connectivity index (χ1v) is 5.95. The number of carbonyl (C=O) groups is 1. The number of nitrogens with two attached hydrogens (primary N) is 1. The van der Waals surface area contributed by atoms with Gasteiger partial charge in [0, 0.05) is 6.61 Å². The van der Waals surface area contributed by atoms with Crippen LogP contribution in [0.2, 0.25) is 0 Å². The highest BCUT2D eigenvalue weighted by Gasteiger charge is 2.10. The van der Waals surface area contributed by atoms with Crippen molar-refractivity contribution in [2.24, 2.45) is 11.8 Å². The van der Waals surface area contributed by atoms with Crippen molar-refractivity contribution in [3.8, 4) is 5.75 Å². The van der Waals surface area contributed by atoms with E-state index >= 15 is 0 Å². The third kappa shape index (κ3) is 4.73. The molecule has 0 bridgehead atoms. The predicted octanol–water partition coefficient (Wildman–Crippen LogP) is 1.34. The maximum atomic E-state index is 11.5. The van der Waals surface area contributed by atoms with Gasteiger partial charge in [-0.15, -0.1) is 0 Å². The molecule has 0 aliphatic heterocycles. The third-order valence-corrected chi connectivity index (χ3v) is 2.20. The lowest BCUT2D eigenvalue weighted by Crippen LogP contribution is -2.30. The van der Waals surface area contributed by atoms with Crippen LogP contribution < -0.4 is 16.0 Å². The summed E-state index contributed by atoms with van der Waals surface area (Å²) in [6.45, 7) is 5.77. The molecule has 0 aromatic heterocycles. The van der Waals surface area contributed by atoms with E-state index in [4.69, 9.17) is 15.3 Å². The Labute approximate surface area is 107 Å². The summed E-state index contributed by atoms with van der Waals surface area (Å²) in [7, 11) is 0. The fourth-order valence-corrected chi connectivity index (χ4v) is 1.39. The van der Waals surface area contributed by atoms with Crippen molar-refractivity contribution < 1.29 is 14.3 Å². The number of rotatable bonds is 7. The largest absolute Gasteiger partial charge is 0.490 e. The van der Waals surface area contributed by atoms with Crippen molar-refractivity contribution in [2.75, 3.05) is 19.8 Å². The Bertz CT molecular complexity index is 380. The Morgan fingerprint density at radius 2 is 2.06 bits per heavy atom. The maximum absolute atomic E-state index is 11.5. The Morgan fingerprint density at radius 1 is 1.33 bits per heavy atom. The normalized spacial score (nSPS) is 10.4. The zero-order valence-electron chi connectivity index (χ0n) is 10.8. The molecule has 0 atom stereocenters. The fourth-order valence-electron chi connectivity index (χ4n) is 1.39. The van der Waals surface area contributed by atoms with E-state index in [9.17, 15) is 4.79 Å². The van der Waals surface area contributed by atoms with Gasteiger partial charge in [0.25, 0.3) is 5.91 Å². The summed E-state index contributed by atoms with van der Waals surface area (Å²) in [5, 5.41) is 0. The van der Waals surface area contributed by atoms with E-state index in [1.54, 1.807) is 24.3 Å².